The van der Waals surface area contributed by atoms with Crippen LogP contribution in [0.5, 0.6) is 0 Å². The van der Waals surface area contributed by atoms with Crippen LogP contribution in [0.2, 0.25) is 0 Å². The Morgan fingerprint density at radius 2 is 2.26 bits per heavy atom. The van der Waals surface area contributed by atoms with Gasteiger partial charge in [0.2, 0.25) is 0 Å². The van der Waals surface area contributed by atoms with Gasteiger partial charge in [-0.1, -0.05) is 18.7 Å². The summed E-state index contributed by atoms with van der Waals surface area (Å²) in [6.45, 7) is 3.90. The normalized spacial score (nSPS) is 27.2. The highest BCUT2D eigenvalue weighted by Crippen LogP contribution is 2.38. The number of carboxylic acid groups (broad SMARTS) is 1. The molecule has 0 aliphatic heterocycles. The van der Waals surface area contributed by atoms with Crippen molar-refractivity contribution in [3.63, 3.8) is 0 Å². The molecule has 1 aromatic heterocycles. The molecule has 6 heteroatoms. The van der Waals surface area contributed by atoms with Crippen LogP contribution in [0.4, 0.5) is 0 Å². The van der Waals surface area contributed by atoms with Crippen LogP contribution in [0.3, 0.4) is 0 Å². The summed E-state index contributed by atoms with van der Waals surface area (Å²) in [5.41, 5.74) is 0.465. The van der Waals surface area contributed by atoms with Gasteiger partial charge in [-0.3, -0.25) is 9.59 Å². The lowest BCUT2D eigenvalue weighted by molar-refractivity contribution is -0.142. The van der Waals surface area contributed by atoms with Gasteiger partial charge in [0.15, 0.2) is 5.16 Å². The van der Waals surface area contributed by atoms with Gasteiger partial charge < -0.3 is 10.1 Å². The molecule has 1 saturated carbocycles. The number of thioether (sulfide) groups is 1. The highest BCUT2D eigenvalue weighted by Gasteiger charge is 2.34. The first-order valence-electron chi connectivity index (χ1n) is 6.43. The van der Waals surface area contributed by atoms with E-state index in [0.717, 1.165) is 12.8 Å². The van der Waals surface area contributed by atoms with E-state index in [1.54, 1.807) is 6.92 Å². The number of aromatic nitrogens is 2. The number of aryl methyl sites for hydroxylation is 1. The third kappa shape index (κ3) is 3.59. The first-order chi connectivity index (χ1) is 8.95. The molecule has 0 spiro atoms. The van der Waals surface area contributed by atoms with Crippen molar-refractivity contribution in [3.05, 3.63) is 22.1 Å². The topological polar surface area (TPSA) is 83.0 Å². The Kier molecular flexibility index (Phi) is 4.29. The van der Waals surface area contributed by atoms with Crippen molar-refractivity contribution in [1.29, 1.82) is 0 Å². The summed E-state index contributed by atoms with van der Waals surface area (Å²) in [4.78, 5) is 29.6. The largest absolute Gasteiger partial charge is 0.481 e. The molecule has 3 unspecified atom stereocenters. The molecule has 3 atom stereocenters. The zero-order chi connectivity index (χ0) is 14.0. The minimum absolute atomic E-state index is 0.0220. The van der Waals surface area contributed by atoms with E-state index in [9.17, 15) is 14.7 Å². The second-order valence-corrected chi connectivity index (χ2v) is 6.44. The first-order valence-corrected chi connectivity index (χ1v) is 7.31. The summed E-state index contributed by atoms with van der Waals surface area (Å²) in [6.07, 6.45) is 2.50. The molecular formula is C13H18N2O3S. The van der Waals surface area contributed by atoms with Gasteiger partial charge in [-0.05, 0) is 32.1 Å². The second-order valence-electron chi connectivity index (χ2n) is 5.21. The Morgan fingerprint density at radius 1 is 1.53 bits per heavy atom. The standard InChI is InChI=1S/C13H18N2O3S/c1-7-3-4-9(12(17)18)10(5-7)19-13-14-8(2)6-11(16)15-13/h6-7,9-10H,3-5H2,1-2H3,(H,17,18)(H,14,15,16). The number of nitrogens with one attached hydrogen (secondary N) is 1. The van der Waals surface area contributed by atoms with Gasteiger partial charge in [0.05, 0.1) is 5.92 Å². The van der Waals surface area contributed by atoms with Crippen molar-refractivity contribution >= 4 is 17.7 Å². The molecule has 1 aliphatic carbocycles. The van der Waals surface area contributed by atoms with E-state index in [2.05, 4.69) is 16.9 Å². The fourth-order valence-electron chi connectivity index (χ4n) is 2.49. The molecule has 0 saturated heterocycles. The molecule has 104 valence electrons. The monoisotopic (exact) mass is 282 g/mol. The van der Waals surface area contributed by atoms with Gasteiger partial charge >= 0.3 is 5.97 Å². The van der Waals surface area contributed by atoms with Crippen LogP contribution in [-0.2, 0) is 4.79 Å². The van der Waals surface area contributed by atoms with E-state index in [1.165, 1.54) is 17.8 Å². The third-order valence-electron chi connectivity index (χ3n) is 3.48. The highest BCUT2D eigenvalue weighted by atomic mass is 32.2. The molecule has 0 radical (unpaired) electrons. The van der Waals surface area contributed by atoms with Crippen LogP contribution in [-0.4, -0.2) is 26.3 Å². The van der Waals surface area contributed by atoms with E-state index in [4.69, 9.17) is 0 Å². The fraction of sp³-hybridized carbons (Fsp3) is 0.615. The van der Waals surface area contributed by atoms with Crippen LogP contribution < -0.4 is 5.56 Å². The van der Waals surface area contributed by atoms with Gasteiger partial charge in [0.25, 0.3) is 5.56 Å². The number of H-pyrrole nitrogens is 1. The number of carbonyl (C=O) groups is 1. The van der Waals surface area contributed by atoms with Crippen LogP contribution in [0.1, 0.15) is 31.9 Å². The van der Waals surface area contributed by atoms with E-state index >= 15 is 0 Å². The number of nitrogens with zero attached hydrogens (tertiary/aromatic N) is 1. The fourth-order valence-corrected chi connectivity index (χ4v) is 3.98. The average molecular weight is 282 g/mol. The van der Waals surface area contributed by atoms with Crippen LogP contribution in [0.25, 0.3) is 0 Å². The molecule has 1 aromatic rings. The van der Waals surface area contributed by atoms with E-state index in [1.807, 2.05) is 0 Å². The van der Waals surface area contributed by atoms with Crippen molar-refractivity contribution in [2.75, 3.05) is 0 Å². The van der Waals surface area contributed by atoms with Gasteiger partial charge in [0, 0.05) is 17.0 Å². The quantitative estimate of drug-likeness (QED) is 0.829. The predicted octanol–water partition coefficient (Wildman–Crippen LogP) is 2.06. The highest BCUT2D eigenvalue weighted by molar-refractivity contribution is 7.99. The van der Waals surface area contributed by atoms with Crippen molar-refractivity contribution < 1.29 is 9.90 Å². The Morgan fingerprint density at radius 3 is 2.89 bits per heavy atom. The maximum absolute atomic E-state index is 11.4. The summed E-state index contributed by atoms with van der Waals surface area (Å²) in [6, 6.07) is 1.43. The summed E-state index contributed by atoms with van der Waals surface area (Å²) >= 11 is 1.39. The van der Waals surface area contributed by atoms with Crippen molar-refractivity contribution in [2.24, 2.45) is 11.8 Å². The molecule has 19 heavy (non-hydrogen) atoms. The number of hydrogen-bond acceptors (Lipinski definition) is 4. The second kappa shape index (κ2) is 5.77. The van der Waals surface area contributed by atoms with Crippen molar-refractivity contribution in [1.82, 2.24) is 9.97 Å². The van der Waals surface area contributed by atoms with E-state index in [-0.39, 0.29) is 16.7 Å². The Balaban J connectivity index is 2.18. The molecule has 0 amide bonds. The van der Waals surface area contributed by atoms with Crippen LogP contribution in [0, 0.1) is 18.8 Å². The van der Waals surface area contributed by atoms with E-state index < -0.39 is 5.97 Å². The van der Waals surface area contributed by atoms with Gasteiger partial charge in [-0.25, -0.2) is 4.98 Å². The molecule has 0 bridgehead atoms. The minimum atomic E-state index is -0.751. The average Bonchev–Trinajstić information content (AvgIpc) is 2.26. The SMILES string of the molecule is Cc1cc(=O)[nH]c(SC2CC(C)CCC2C(=O)O)n1. The summed E-state index contributed by atoms with van der Waals surface area (Å²) in [5, 5.41) is 9.78. The summed E-state index contributed by atoms with van der Waals surface area (Å²) in [5.74, 6) is -0.587. The molecular weight excluding hydrogens is 264 g/mol. The predicted molar refractivity (Wildman–Crippen MR) is 73.4 cm³/mol. The number of aliphatic carboxylic acids is 1. The summed E-state index contributed by atoms with van der Waals surface area (Å²) in [7, 11) is 0. The zero-order valence-electron chi connectivity index (χ0n) is 11.0. The molecule has 2 rings (SSSR count). The summed E-state index contributed by atoms with van der Waals surface area (Å²) < 4.78 is 0. The van der Waals surface area contributed by atoms with Crippen LogP contribution >= 0.6 is 11.8 Å². The lowest BCUT2D eigenvalue weighted by Gasteiger charge is -2.31. The Bertz CT molecular complexity index is 529. The maximum Gasteiger partial charge on any atom is 0.307 e. The molecule has 1 fully saturated rings. The van der Waals surface area contributed by atoms with Gasteiger partial charge in [0.1, 0.15) is 0 Å². The maximum atomic E-state index is 11.4. The Labute approximate surface area is 115 Å². The van der Waals surface area contributed by atoms with Gasteiger partial charge in [-0.15, -0.1) is 0 Å². The lowest BCUT2D eigenvalue weighted by Crippen LogP contribution is -2.32. The van der Waals surface area contributed by atoms with Gasteiger partial charge in [-0.2, -0.15) is 0 Å². The Hall–Kier alpha value is -1.30. The zero-order valence-corrected chi connectivity index (χ0v) is 11.9. The number of carboxylic acids is 1. The lowest BCUT2D eigenvalue weighted by atomic mass is 9.82. The molecule has 1 aliphatic rings. The third-order valence-corrected chi connectivity index (χ3v) is 4.72. The minimum Gasteiger partial charge on any atom is -0.481 e. The van der Waals surface area contributed by atoms with Crippen LogP contribution in [0.15, 0.2) is 16.0 Å². The van der Waals surface area contributed by atoms with Crippen molar-refractivity contribution in [3.8, 4) is 0 Å². The molecule has 1 heterocycles. The number of hydrogen-bond donors (Lipinski definition) is 2. The number of aromatic amines is 1. The smallest absolute Gasteiger partial charge is 0.307 e. The molecule has 5 nitrogen and oxygen atoms in total. The van der Waals surface area contributed by atoms with E-state index in [0.29, 0.717) is 23.2 Å². The number of rotatable bonds is 3. The first kappa shape index (κ1) is 14.1. The van der Waals surface area contributed by atoms with Crippen molar-refractivity contribution in [2.45, 2.75) is 43.5 Å². The molecule has 2 N–H and O–H groups in total. The molecule has 0 aromatic carbocycles.